The first-order valence-electron chi connectivity index (χ1n) is 7.05. The maximum atomic E-state index is 6.00. The summed E-state index contributed by atoms with van der Waals surface area (Å²) < 4.78 is 5.47. The first-order chi connectivity index (χ1) is 9.75. The standard InChI is InChI=1S/C14H21ClN4O/c15-12-5-6-13(18-11-12)20-10-7-17-14(16)19-8-3-1-2-4-9-19/h5-6,11H,1-4,7-10H2,(H2,16,17). The first-order valence-corrected chi connectivity index (χ1v) is 7.43. The summed E-state index contributed by atoms with van der Waals surface area (Å²) in [6.07, 6.45) is 6.53. The van der Waals surface area contributed by atoms with E-state index in [1.807, 2.05) is 0 Å². The number of ether oxygens (including phenoxy) is 1. The summed E-state index contributed by atoms with van der Waals surface area (Å²) >= 11 is 5.75. The predicted octanol–water partition coefficient (Wildman–Crippen LogP) is 2.30. The Bertz CT molecular complexity index is 427. The van der Waals surface area contributed by atoms with Gasteiger partial charge in [0.15, 0.2) is 5.96 Å². The molecule has 0 radical (unpaired) electrons. The summed E-state index contributed by atoms with van der Waals surface area (Å²) in [6, 6.07) is 3.49. The lowest BCUT2D eigenvalue weighted by molar-refractivity contribution is 0.314. The molecule has 1 fully saturated rings. The lowest BCUT2D eigenvalue weighted by Crippen LogP contribution is -2.38. The van der Waals surface area contributed by atoms with Gasteiger partial charge in [-0.05, 0) is 18.9 Å². The van der Waals surface area contributed by atoms with Crippen LogP contribution in [-0.2, 0) is 0 Å². The van der Waals surface area contributed by atoms with Gasteiger partial charge in [-0.25, -0.2) is 9.98 Å². The molecule has 1 aromatic rings. The average Bonchev–Trinajstić information content (AvgIpc) is 2.74. The van der Waals surface area contributed by atoms with Crippen molar-refractivity contribution in [3.05, 3.63) is 23.4 Å². The van der Waals surface area contributed by atoms with E-state index in [0.717, 1.165) is 13.1 Å². The Morgan fingerprint density at radius 2 is 2.05 bits per heavy atom. The van der Waals surface area contributed by atoms with Crippen LogP contribution >= 0.6 is 11.6 Å². The van der Waals surface area contributed by atoms with Crippen molar-refractivity contribution in [3.8, 4) is 5.88 Å². The fraction of sp³-hybridized carbons (Fsp3) is 0.571. The summed E-state index contributed by atoms with van der Waals surface area (Å²) in [4.78, 5) is 10.6. The van der Waals surface area contributed by atoms with Gasteiger partial charge < -0.3 is 15.4 Å². The van der Waals surface area contributed by atoms with Crippen molar-refractivity contribution in [2.75, 3.05) is 26.2 Å². The van der Waals surface area contributed by atoms with Gasteiger partial charge in [-0.2, -0.15) is 0 Å². The second kappa shape index (κ2) is 7.94. The zero-order chi connectivity index (χ0) is 14.2. The van der Waals surface area contributed by atoms with Crippen molar-refractivity contribution < 1.29 is 4.74 Å². The van der Waals surface area contributed by atoms with Crippen LogP contribution in [0.15, 0.2) is 23.3 Å². The van der Waals surface area contributed by atoms with Crippen molar-refractivity contribution in [1.29, 1.82) is 0 Å². The fourth-order valence-corrected chi connectivity index (χ4v) is 2.27. The number of nitrogens with zero attached hydrogens (tertiary/aromatic N) is 3. The normalized spacial score (nSPS) is 16.9. The molecule has 2 heterocycles. The third-order valence-corrected chi connectivity index (χ3v) is 3.47. The Labute approximate surface area is 124 Å². The highest BCUT2D eigenvalue weighted by Gasteiger charge is 2.10. The second-order valence-electron chi connectivity index (χ2n) is 4.80. The molecule has 0 aliphatic carbocycles. The highest BCUT2D eigenvalue weighted by atomic mass is 35.5. The molecule has 0 saturated carbocycles. The molecule has 0 atom stereocenters. The molecule has 110 valence electrons. The zero-order valence-electron chi connectivity index (χ0n) is 11.6. The molecule has 20 heavy (non-hydrogen) atoms. The van der Waals surface area contributed by atoms with E-state index in [1.165, 1.54) is 25.7 Å². The molecule has 2 N–H and O–H groups in total. The Balaban J connectivity index is 1.73. The maximum absolute atomic E-state index is 6.00. The minimum Gasteiger partial charge on any atom is -0.476 e. The second-order valence-corrected chi connectivity index (χ2v) is 5.24. The molecular weight excluding hydrogens is 276 g/mol. The number of hydrogen-bond acceptors (Lipinski definition) is 3. The Kier molecular flexibility index (Phi) is 5.92. The van der Waals surface area contributed by atoms with Crippen LogP contribution in [0.2, 0.25) is 5.02 Å². The number of hydrogen-bond donors (Lipinski definition) is 1. The zero-order valence-corrected chi connectivity index (χ0v) is 12.4. The van der Waals surface area contributed by atoms with Crippen LogP contribution in [0, 0.1) is 0 Å². The van der Waals surface area contributed by atoms with Crippen molar-refractivity contribution in [1.82, 2.24) is 9.88 Å². The van der Waals surface area contributed by atoms with Crippen molar-refractivity contribution >= 4 is 17.6 Å². The number of pyridine rings is 1. The van der Waals surface area contributed by atoms with Crippen LogP contribution in [-0.4, -0.2) is 42.1 Å². The molecule has 0 unspecified atom stereocenters. The Morgan fingerprint density at radius 1 is 1.30 bits per heavy atom. The Hall–Kier alpha value is -1.49. The minimum atomic E-state index is 0.461. The number of aliphatic imine (C=N–C) groups is 1. The highest BCUT2D eigenvalue weighted by molar-refractivity contribution is 6.30. The van der Waals surface area contributed by atoms with Crippen molar-refractivity contribution in [3.63, 3.8) is 0 Å². The number of nitrogens with two attached hydrogens (primary N) is 1. The van der Waals surface area contributed by atoms with Gasteiger partial charge in [0, 0.05) is 25.4 Å². The highest BCUT2D eigenvalue weighted by Crippen LogP contribution is 2.11. The SMILES string of the molecule is NC(=NCCOc1ccc(Cl)cn1)N1CCCCCC1. The lowest BCUT2D eigenvalue weighted by atomic mass is 10.2. The number of rotatable bonds is 4. The molecule has 0 spiro atoms. The average molecular weight is 297 g/mol. The van der Waals surface area contributed by atoms with Crippen molar-refractivity contribution in [2.24, 2.45) is 10.7 Å². The monoisotopic (exact) mass is 296 g/mol. The van der Waals surface area contributed by atoms with Crippen LogP contribution in [0.3, 0.4) is 0 Å². The molecule has 1 aliphatic rings. The van der Waals surface area contributed by atoms with Crippen molar-refractivity contribution in [2.45, 2.75) is 25.7 Å². The third kappa shape index (κ3) is 4.89. The van der Waals surface area contributed by atoms with E-state index in [9.17, 15) is 0 Å². The summed E-state index contributed by atoms with van der Waals surface area (Å²) in [5.74, 6) is 1.18. The molecule has 0 aromatic carbocycles. The number of aromatic nitrogens is 1. The van der Waals surface area contributed by atoms with E-state index in [1.54, 1.807) is 18.3 Å². The summed E-state index contributed by atoms with van der Waals surface area (Å²) in [7, 11) is 0. The molecule has 2 rings (SSSR count). The van der Waals surface area contributed by atoms with Gasteiger partial charge in [0.2, 0.25) is 5.88 Å². The van der Waals surface area contributed by atoms with E-state index in [2.05, 4.69) is 14.9 Å². The van der Waals surface area contributed by atoms with E-state index in [-0.39, 0.29) is 0 Å². The van der Waals surface area contributed by atoms with Crippen LogP contribution < -0.4 is 10.5 Å². The topological polar surface area (TPSA) is 63.7 Å². The molecule has 1 aliphatic heterocycles. The minimum absolute atomic E-state index is 0.461. The smallest absolute Gasteiger partial charge is 0.213 e. The van der Waals surface area contributed by atoms with Gasteiger partial charge in [0.25, 0.3) is 0 Å². The maximum Gasteiger partial charge on any atom is 0.213 e. The summed E-state index contributed by atoms with van der Waals surface area (Å²) in [5, 5.41) is 0.598. The molecule has 6 heteroatoms. The summed E-state index contributed by atoms with van der Waals surface area (Å²) in [6.45, 7) is 3.01. The van der Waals surface area contributed by atoms with Gasteiger partial charge in [-0.3, -0.25) is 0 Å². The largest absolute Gasteiger partial charge is 0.476 e. The quantitative estimate of drug-likeness (QED) is 0.526. The molecule has 5 nitrogen and oxygen atoms in total. The molecule has 0 amide bonds. The number of halogens is 1. The number of guanidine groups is 1. The van der Waals surface area contributed by atoms with E-state index in [4.69, 9.17) is 22.1 Å². The van der Waals surface area contributed by atoms with Gasteiger partial charge >= 0.3 is 0 Å². The number of likely N-dealkylation sites (tertiary alicyclic amines) is 1. The van der Waals surface area contributed by atoms with Gasteiger partial charge in [0.1, 0.15) is 6.61 Å². The molecule has 1 saturated heterocycles. The fourth-order valence-electron chi connectivity index (χ4n) is 2.16. The molecular formula is C14H21ClN4O. The molecule has 0 bridgehead atoms. The van der Waals surface area contributed by atoms with Gasteiger partial charge in [0.05, 0.1) is 11.6 Å². The molecule has 1 aromatic heterocycles. The summed E-state index contributed by atoms with van der Waals surface area (Å²) in [5.41, 5.74) is 6.00. The van der Waals surface area contributed by atoms with Crippen LogP contribution in [0.1, 0.15) is 25.7 Å². The first kappa shape index (κ1) is 14.9. The van der Waals surface area contributed by atoms with Gasteiger partial charge in [-0.1, -0.05) is 24.4 Å². The van der Waals surface area contributed by atoms with E-state index >= 15 is 0 Å². The van der Waals surface area contributed by atoms with Crippen LogP contribution in [0.5, 0.6) is 5.88 Å². The van der Waals surface area contributed by atoms with E-state index < -0.39 is 0 Å². The van der Waals surface area contributed by atoms with Crippen LogP contribution in [0.4, 0.5) is 0 Å². The predicted molar refractivity (Wildman–Crippen MR) is 81.3 cm³/mol. The van der Waals surface area contributed by atoms with Gasteiger partial charge in [-0.15, -0.1) is 0 Å². The lowest BCUT2D eigenvalue weighted by Gasteiger charge is -2.21. The van der Waals surface area contributed by atoms with Crippen LogP contribution in [0.25, 0.3) is 0 Å². The third-order valence-electron chi connectivity index (χ3n) is 3.25. The van der Waals surface area contributed by atoms with E-state index in [0.29, 0.717) is 30.0 Å². The Morgan fingerprint density at radius 3 is 2.70 bits per heavy atom.